The molecule has 0 unspecified atom stereocenters. The number of carbonyl (C=O) groups is 1. The van der Waals surface area contributed by atoms with Crippen molar-refractivity contribution >= 4 is 38.5 Å². The van der Waals surface area contributed by atoms with E-state index >= 15 is 0 Å². The third-order valence-corrected chi connectivity index (χ3v) is 7.21. The fourth-order valence-corrected chi connectivity index (χ4v) is 5.21. The zero-order chi connectivity index (χ0) is 19.0. The fraction of sp³-hybridized carbons (Fsp3) is 0.500. The van der Waals surface area contributed by atoms with Crippen LogP contribution >= 0.6 is 11.6 Å². The number of nitrogens with one attached hydrogen (secondary N) is 1. The molecule has 2 aliphatic rings. The van der Waals surface area contributed by atoms with Gasteiger partial charge in [-0.2, -0.15) is 4.31 Å². The molecule has 1 amide bonds. The number of hydrogen-bond donors (Lipinski definition) is 1. The summed E-state index contributed by atoms with van der Waals surface area (Å²) < 4.78 is 32.5. The van der Waals surface area contributed by atoms with Crippen LogP contribution in [0, 0.1) is 5.92 Å². The van der Waals surface area contributed by atoms with E-state index in [4.69, 9.17) is 16.0 Å². The number of nitrogens with zero attached hydrogens (tertiary/aromatic N) is 2. The molecule has 3 heterocycles. The summed E-state index contributed by atoms with van der Waals surface area (Å²) in [6.07, 6.45) is 2.10. The minimum atomic E-state index is -3.86. The molecule has 2 fully saturated rings. The van der Waals surface area contributed by atoms with Crippen LogP contribution in [-0.4, -0.2) is 62.8 Å². The highest BCUT2D eigenvalue weighted by Crippen LogP contribution is 2.28. The number of hydrogen-bond acceptors (Lipinski definition) is 5. The Hall–Kier alpha value is -1.61. The summed E-state index contributed by atoms with van der Waals surface area (Å²) in [6, 6.07) is 6.40. The molecule has 2 saturated heterocycles. The Bertz CT molecular complexity index is 953. The van der Waals surface area contributed by atoms with E-state index in [1.807, 2.05) is 0 Å². The smallest absolute Gasteiger partial charge is 0.277 e. The van der Waals surface area contributed by atoms with Crippen molar-refractivity contribution < 1.29 is 17.6 Å². The molecule has 1 N–H and O–H groups in total. The number of amides is 1. The van der Waals surface area contributed by atoms with Gasteiger partial charge >= 0.3 is 0 Å². The molecule has 0 spiro atoms. The summed E-state index contributed by atoms with van der Waals surface area (Å²) in [4.78, 5) is 14.3. The van der Waals surface area contributed by atoms with E-state index in [2.05, 4.69) is 5.32 Å². The first-order valence-corrected chi connectivity index (χ1v) is 10.9. The van der Waals surface area contributed by atoms with Crippen LogP contribution in [0.3, 0.4) is 0 Å². The molecule has 0 atom stereocenters. The van der Waals surface area contributed by atoms with Gasteiger partial charge in [0, 0.05) is 36.1 Å². The average Bonchev–Trinajstić information content (AvgIpc) is 3.08. The summed E-state index contributed by atoms with van der Waals surface area (Å²) in [7, 11) is -3.86. The van der Waals surface area contributed by atoms with Gasteiger partial charge in [0.25, 0.3) is 10.0 Å². The van der Waals surface area contributed by atoms with E-state index in [1.54, 1.807) is 23.1 Å². The molecule has 9 heteroatoms. The van der Waals surface area contributed by atoms with Gasteiger partial charge in [0.1, 0.15) is 5.58 Å². The largest absolute Gasteiger partial charge is 0.443 e. The minimum absolute atomic E-state index is 0.148. The van der Waals surface area contributed by atoms with Crippen LogP contribution in [0.2, 0.25) is 5.02 Å². The maximum absolute atomic E-state index is 12.9. The predicted octanol–water partition coefficient (Wildman–Crippen LogP) is 1.92. The van der Waals surface area contributed by atoms with Gasteiger partial charge in [-0.1, -0.05) is 11.6 Å². The fourth-order valence-electron chi connectivity index (χ4n) is 3.71. The number of furan rings is 1. The summed E-state index contributed by atoms with van der Waals surface area (Å²) >= 11 is 5.95. The first-order chi connectivity index (χ1) is 12.9. The Morgan fingerprint density at radius 2 is 1.96 bits per heavy atom. The number of fused-ring (bicyclic) bond motifs is 1. The van der Waals surface area contributed by atoms with Crippen molar-refractivity contribution in [3.8, 4) is 0 Å². The molecule has 2 aromatic rings. The Morgan fingerprint density at radius 1 is 1.19 bits per heavy atom. The molecule has 7 nitrogen and oxygen atoms in total. The molecular weight excluding hydrogens is 390 g/mol. The van der Waals surface area contributed by atoms with E-state index in [0.29, 0.717) is 35.0 Å². The zero-order valence-corrected chi connectivity index (χ0v) is 16.4. The van der Waals surface area contributed by atoms with Crippen molar-refractivity contribution in [2.45, 2.75) is 17.9 Å². The van der Waals surface area contributed by atoms with Crippen LogP contribution in [0.15, 0.2) is 33.8 Å². The van der Waals surface area contributed by atoms with Gasteiger partial charge in [0.2, 0.25) is 11.0 Å². The highest BCUT2D eigenvalue weighted by Gasteiger charge is 2.35. The molecule has 0 aliphatic carbocycles. The maximum Gasteiger partial charge on any atom is 0.277 e. The van der Waals surface area contributed by atoms with Crippen LogP contribution in [-0.2, 0) is 14.8 Å². The number of halogens is 1. The van der Waals surface area contributed by atoms with Crippen LogP contribution in [0.25, 0.3) is 11.0 Å². The molecule has 1 aromatic carbocycles. The molecule has 27 heavy (non-hydrogen) atoms. The molecule has 146 valence electrons. The number of benzene rings is 1. The van der Waals surface area contributed by atoms with Crippen molar-refractivity contribution in [1.82, 2.24) is 14.5 Å². The topological polar surface area (TPSA) is 82.9 Å². The van der Waals surface area contributed by atoms with Gasteiger partial charge in [-0.3, -0.25) is 4.79 Å². The maximum atomic E-state index is 12.9. The predicted molar refractivity (Wildman–Crippen MR) is 102 cm³/mol. The Kier molecular flexibility index (Phi) is 5.15. The van der Waals surface area contributed by atoms with Gasteiger partial charge in [0.15, 0.2) is 0 Å². The number of sulfonamides is 1. The number of piperidine rings is 1. The molecular formula is C18H22ClN3O4S. The van der Waals surface area contributed by atoms with Crippen molar-refractivity contribution in [2.24, 2.45) is 5.92 Å². The Morgan fingerprint density at radius 3 is 2.70 bits per heavy atom. The van der Waals surface area contributed by atoms with Crippen LogP contribution in [0.1, 0.15) is 12.8 Å². The van der Waals surface area contributed by atoms with Crippen molar-refractivity contribution in [3.05, 3.63) is 29.3 Å². The first-order valence-electron chi connectivity index (χ1n) is 9.11. The third kappa shape index (κ3) is 3.85. The van der Waals surface area contributed by atoms with Gasteiger partial charge in [-0.15, -0.1) is 0 Å². The quantitative estimate of drug-likeness (QED) is 0.831. The Labute approximate surface area is 163 Å². The van der Waals surface area contributed by atoms with E-state index in [9.17, 15) is 13.2 Å². The SMILES string of the molecule is O=C1CN(S(=O)(=O)c2cc3cc(Cl)ccc3o2)CCN1CC1CCNCC1. The summed E-state index contributed by atoms with van der Waals surface area (Å²) in [5.74, 6) is 0.334. The van der Waals surface area contributed by atoms with Gasteiger partial charge in [-0.05, 0) is 50.0 Å². The molecule has 1 aromatic heterocycles. The second-order valence-corrected chi connectivity index (χ2v) is 9.42. The lowest BCUT2D eigenvalue weighted by Gasteiger charge is -2.36. The highest BCUT2D eigenvalue weighted by atomic mass is 35.5. The molecule has 0 radical (unpaired) electrons. The second-order valence-electron chi connectivity index (χ2n) is 7.12. The molecule has 4 rings (SSSR count). The molecule has 0 saturated carbocycles. The van der Waals surface area contributed by atoms with E-state index in [-0.39, 0.29) is 24.1 Å². The van der Waals surface area contributed by atoms with Crippen molar-refractivity contribution in [3.63, 3.8) is 0 Å². The van der Waals surface area contributed by atoms with Crippen molar-refractivity contribution in [2.75, 3.05) is 39.3 Å². The zero-order valence-electron chi connectivity index (χ0n) is 14.9. The van der Waals surface area contributed by atoms with Crippen LogP contribution < -0.4 is 5.32 Å². The van der Waals surface area contributed by atoms with Crippen molar-refractivity contribution in [1.29, 1.82) is 0 Å². The minimum Gasteiger partial charge on any atom is -0.443 e. The third-order valence-electron chi connectivity index (χ3n) is 5.27. The summed E-state index contributed by atoms with van der Waals surface area (Å²) in [5, 5.41) is 4.29. The van der Waals surface area contributed by atoms with E-state index in [0.717, 1.165) is 25.9 Å². The number of rotatable bonds is 4. The van der Waals surface area contributed by atoms with Gasteiger partial charge in [-0.25, -0.2) is 8.42 Å². The van der Waals surface area contributed by atoms with E-state index < -0.39 is 10.0 Å². The highest BCUT2D eigenvalue weighted by molar-refractivity contribution is 7.89. The lowest BCUT2D eigenvalue weighted by atomic mass is 9.97. The first kappa shape index (κ1) is 18.7. The number of carbonyl (C=O) groups excluding carboxylic acids is 1. The monoisotopic (exact) mass is 411 g/mol. The normalized spacial score (nSPS) is 20.5. The van der Waals surface area contributed by atoms with Crippen LogP contribution in [0.4, 0.5) is 0 Å². The summed E-state index contributed by atoms with van der Waals surface area (Å²) in [5.41, 5.74) is 0.453. The molecule has 2 aliphatic heterocycles. The van der Waals surface area contributed by atoms with Gasteiger partial charge < -0.3 is 14.6 Å². The number of piperazine rings is 1. The second kappa shape index (κ2) is 7.43. The molecule has 0 bridgehead atoms. The van der Waals surface area contributed by atoms with Crippen LogP contribution in [0.5, 0.6) is 0 Å². The Balaban J connectivity index is 1.47. The average molecular weight is 412 g/mol. The standard InChI is InChI=1S/C18H22ClN3O4S/c19-15-1-2-16-14(9-15)10-18(26-16)27(24,25)22-8-7-21(17(23)12-22)11-13-3-5-20-6-4-13/h1-2,9-10,13,20H,3-8,11-12H2. The lowest BCUT2D eigenvalue weighted by molar-refractivity contribution is -0.134. The summed E-state index contributed by atoms with van der Waals surface area (Å²) in [6.45, 7) is 3.19. The van der Waals surface area contributed by atoms with Gasteiger partial charge in [0.05, 0.1) is 6.54 Å². The lowest BCUT2D eigenvalue weighted by Crippen LogP contribution is -2.53. The van der Waals surface area contributed by atoms with E-state index in [1.165, 1.54) is 10.4 Å².